The van der Waals surface area contributed by atoms with Crippen molar-refractivity contribution >= 4 is 22.5 Å². The van der Waals surface area contributed by atoms with Crippen molar-refractivity contribution in [2.45, 2.75) is 39.2 Å². The van der Waals surface area contributed by atoms with Gasteiger partial charge in [0.2, 0.25) is 5.91 Å². The number of hydrogen-bond donors (Lipinski definition) is 1. The number of carbonyl (C=O) groups is 1. The highest BCUT2D eigenvalue weighted by Crippen LogP contribution is 2.19. The van der Waals surface area contributed by atoms with E-state index in [0.717, 1.165) is 5.69 Å². The quantitative estimate of drug-likeness (QED) is 0.754. The Morgan fingerprint density at radius 1 is 1.12 bits per heavy atom. The average Bonchev–Trinajstić information content (AvgIpc) is 2.65. The maximum Gasteiger partial charge on any atom is 0.261 e. The Bertz CT molecular complexity index is 974. The number of nitrogens with one attached hydrogen (secondary N) is 1. The minimum absolute atomic E-state index is 0.201. The molecule has 0 aliphatic heterocycles. The van der Waals surface area contributed by atoms with Crippen molar-refractivity contribution in [2.24, 2.45) is 0 Å². The third-order valence-corrected chi connectivity index (χ3v) is 4.56. The van der Waals surface area contributed by atoms with Crippen LogP contribution < -0.4 is 10.9 Å². The van der Waals surface area contributed by atoms with E-state index in [1.807, 2.05) is 37.3 Å². The van der Waals surface area contributed by atoms with E-state index in [4.69, 9.17) is 0 Å². The van der Waals surface area contributed by atoms with Crippen LogP contribution in [0.3, 0.4) is 0 Å². The summed E-state index contributed by atoms with van der Waals surface area (Å²) in [5.74, 6) is 0.217. The Morgan fingerprint density at radius 3 is 2.46 bits per heavy atom. The predicted molar refractivity (Wildman–Crippen MR) is 104 cm³/mol. The summed E-state index contributed by atoms with van der Waals surface area (Å²) in [5.41, 5.74) is 2.37. The molecule has 1 N–H and O–H groups in total. The van der Waals surface area contributed by atoms with Gasteiger partial charge in [0.15, 0.2) is 0 Å². The minimum atomic E-state index is -0.607. The first-order valence-electron chi connectivity index (χ1n) is 8.88. The standard InChI is InChI=1S/C21H23N3O2/c1-4-19(20(25)23-16-11-9-15(10-12-16)14(2)3)24-13-22-18-8-6-5-7-17(18)21(24)26/h5-14,19H,4H2,1-3H3,(H,23,25). The molecule has 1 unspecified atom stereocenters. The largest absolute Gasteiger partial charge is 0.324 e. The van der Waals surface area contributed by atoms with Crippen LogP contribution in [0.5, 0.6) is 0 Å². The number of para-hydroxylation sites is 1. The molecule has 0 saturated carbocycles. The van der Waals surface area contributed by atoms with E-state index >= 15 is 0 Å². The summed E-state index contributed by atoms with van der Waals surface area (Å²) in [6.45, 7) is 6.13. The zero-order chi connectivity index (χ0) is 18.7. The van der Waals surface area contributed by atoms with Gasteiger partial charge in [0.25, 0.3) is 5.56 Å². The third kappa shape index (κ3) is 3.52. The fourth-order valence-corrected chi connectivity index (χ4v) is 2.99. The van der Waals surface area contributed by atoms with E-state index in [1.54, 1.807) is 18.2 Å². The van der Waals surface area contributed by atoms with Gasteiger partial charge in [-0.25, -0.2) is 4.98 Å². The summed E-state index contributed by atoms with van der Waals surface area (Å²) in [5, 5.41) is 3.42. The second-order valence-electron chi connectivity index (χ2n) is 6.66. The van der Waals surface area contributed by atoms with E-state index in [9.17, 15) is 9.59 Å². The average molecular weight is 349 g/mol. The number of carbonyl (C=O) groups excluding carboxylic acids is 1. The molecule has 1 atom stereocenters. The SMILES string of the molecule is CCC(C(=O)Nc1ccc(C(C)C)cc1)n1cnc2ccccc2c1=O. The smallest absolute Gasteiger partial charge is 0.261 e. The zero-order valence-electron chi connectivity index (χ0n) is 15.3. The van der Waals surface area contributed by atoms with Crippen LogP contribution in [0.1, 0.15) is 44.7 Å². The highest BCUT2D eigenvalue weighted by molar-refractivity contribution is 5.94. The van der Waals surface area contributed by atoms with Crippen molar-refractivity contribution in [1.82, 2.24) is 9.55 Å². The first kappa shape index (κ1) is 17.9. The van der Waals surface area contributed by atoms with Gasteiger partial charge >= 0.3 is 0 Å². The van der Waals surface area contributed by atoms with Crippen LogP contribution in [-0.4, -0.2) is 15.5 Å². The number of anilines is 1. The van der Waals surface area contributed by atoms with Crippen molar-refractivity contribution in [3.05, 3.63) is 70.8 Å². The van der Waals surface area contributed by atoms with Crippen LogP contribution in [0.2, 0.25) is 0 Å². The summed E-state index contributed by atoms with van der Waals surface area (Å²) in [6.07, 6.45) is 1.95. The molecule has 0 fully saturated rings. The molecule has 134 valence electrons. The first-order valence-corrected chi connectivity index (χ1v) is 8.88. The van der Waals surface area contributed by atoms with Gasteiger partial charge in [0.1, 0.15) is 6.04 Å². The second kappa shape index (κ2) is 7.52. The monoisotopic (exact) mass is 349 g/mol. The van der Waals surface area contributed by atoms with Crippen LogP contribution >= 0.6 is 0 Å². The fraction of sp³-hybridized carbons (Fsp3) is 0.286. The topological polar surface area (TPSA) is 64.0 Å². The number of nitrogens with zero attached hydrogens (tertiary/aromatic N) is 2. The number of hydrogen-bond acceptors (Lipinski definition) is 3. The van der Waals surface area contributed by atoms with Gasteiger partial charge in [-0.05, 0) is 42.2 Å². The molecule has 0 aliphatic carbocycles. The molecule has 2 aromatic carbocycles. The van der Waals surface area contributed by atoms with Crippen molar-refractivity contribution in [3.63, 3.8) is 0 Å². The Balaban J connectivity index is 1.87. The third-order valence-electron chi connectivity index (χ3n) is 4.56. The highest BCUT2D eigenvalue weighted by Gasteiger charge is 2.21. The zero-order valence-corrected chi connectivity index (χ0v) is 15.3. The molecule has 0 radical (unpaired) electrons. The first-order chi connectivity index (χ1) is 12.5. The fourth-order valence-electron chi connectivity index (χ4n) is 2.99. The molecule has 1 aromatic heterocycles. The van der Waals surface area contributed by atoms with Gasteiger partial charge in [-0.1, -0.05) is 45.0 Å². The lowest BCUT2D eigenvalue weighted by atomic mass is 10.0. The molecule has 0 aliphatic rings. The lowest BCUT2D eigenvalue weighted by Crippen LogP contribution is -2.33. The second-order valence-corrected chi connectivity index (χ2v) is 6.66. The lowest BCUT2D eigenvalue weighted by molar-refractivity contribution is -0.119. The van der Waals surface area contributed by atoms with Gasteiger partial charge in [-0.2, -0.15) is 0 Å². The lowest BCUT2D eigenvalue weighted by Gasteiger charge is -2.18. The van der Waals surface area contributed by atoms with Crippen LogP contribution in [0.4, 0.5) is 5.69 Å². The Hall–Kier alpha value is -2.95. The van der Waals surface area contributed by atoms with E-state index in [1.165, 1.54) is 16.5 Å². The summed E-state index contributed by atoms with van der Waals surface area (Å²) in [4.78, 5) is 29.8. The van der Waals surface area contributed by atoms with Gasteiger partial charge in [0.05, 0.1) is 17.2 Å². The summed E-state index contributed by atoms with van der Waals surface area (Å²) in [6, 6.07) is 14.3. The Kier molecular flexibility index (Phi) is 5.16. The highest BCUT2D eigenvalue weighted by atomic mass is 16.2. The molecule has 1 amide bonds. The maximum atomic E-state index is 12.8. The number of aromatic nitrogens is 2. The molecule has 1 heterocycles. The number of amides is 1. The molecule has 26 heavy (non-hydrogen) atoms. The molecule has 3 rings (SSSR count). The number of fused-ring (bicyclic) bond motifs is 1. The predicted octanol–water partition coefficient (Wildman–Crippen LogP) is 4.11. The molecular weight excluding hydrogens is 326 g/mol. The molecule has 5 heteroatoms. The minimum Gasteiger partial charge on any atom is -0.324 e. The Morgan fingerprint density at radius 2 is 1.81 bits per heavy atom. The van der Waals surface area contributed by atoms with Gasteiger partial charge < -0.3 is 5.32 Å². The molecular formula is C21H23N3O2. The molecule has 3 aromatic rings. The van der Waals surface area contributed by atoms with Crippen molar-refractivity contribution in [3.8, 4) is 0 Å². The van der Waals surface area contributed by atoms with Crippen LogP contribution in [0.25, 0.3) is 10.9 Å². The van der Waals surface area contributed by atoms with Crippen LogP contribution in [0, 0.1) is 0 Å². The molecule has 0 saturated heterocycles. The summed E-state index contributed by atoms with van der Waals surface area (Å²) < 4.78 is 1.42. The normalized spacial score (nSPS) is 12.3. The van der Waals surface area contributed by atoms with Gasteiger partial charge in [-0.15, -0.1) is 0 Å². The maximum absolute atomic E-state index is 12.8. The number of benzene rings is 2. The van der Waals surface area contributed by atoms with Crippen molar-refractivity contribution in [2.75, 3.05) is 5.32 Å². The van der Waals surface area contributed by atoms with Gasteiger partial charge in [-0.3, -0.25) is 14.2 Å². The van der Waals surface area contributed by atoms with E-state index < -0.39 is 6.04 Å². The van der Waals surface area contributed by atoms with E-state index in [2.05, 4.69) is 24.1 Å². The number of rotatable bonds is 5. The van der Waals surface area contributed by atoms with Crippen LogP contribution in [-0.2, 0) is 4.79 Å². The van der Waals surface area contributed by atoms with E-state index in [-0.39, 0.29) is 11.5 Å². The van der Waals surface area contributed by atoms with Crippen molar-refractivity contribution in [1.29, 1.82) is 0 Å². The van der Waals surface area contributed by atoms with Crippen LogP contribution in [0.15, 0.2) is 59.7 Å². The molecule has 0 spiro atoms. The van der Waals surface area contributed by atoms with E-state index in [0.29, 0.717) is 23.2 Å². The summed E-state index contributed by atoms with van der Waals surface area (Å²) in [7, 11) is 0. The Labute approximate surface area is 152 Å². The van der Waals surface area contributed by atoms with Crippen molar-refractivity contribution < 1.29 is 4.79 Å². The summed E-state index contributed by atoms with van der Waals surface area (Å²) >= 11 is 0. The van der Waals surface area contributed by atoms with Gasteiger partial charge in [0, 0.05) is 5.69 Å². The molecule has 5 nitrogen and oxygen atoms in total. The molecule has 0 bridgehead atoms.